The van der Waals surface area contributed by atoms with Crippen molar-refractivity contribution in [1.29, 1.82) is 0 Å². The number of halogens is 4. The molecule has 0 saturated carbocycles. The molecule has 9 heteroatoms. The average molecular weight is 363 g/mol. The Morgan fingerprint density at radius 2 is 1.83 bits per heavy atom. The second-order valence-corrected chi connectivity index (χ2v) is 5.61. The van der Waals surface area contributed by atoms with Crippen molar-refractivity contribution in [2.75, 3.05) is 4.90 Å². The van der Waals surface area contributed by atoms with E-state index in [1.807, 2.05) is 0 Å². The minimum Gasteiger partial charge on any atom is -0.298 e. The van der Waals surface area contributed by atoms with E-state index >= 15 is 0 Å². The van der Waals surface area contributed by atoms with Gasteiger partial charge in [0.25, 0.3) is 11.8 Å². The van der Waals surface area contributed by atoms with Crippen molar-refractivity contribution >= 4 is 46.4 Å². The van der Waals surface area contributed by atoms with Gasteiger partial charge in [-0.15, -0.1) is 0 Å². The first-order valence-corrected chi connectivity index (χ1v) is 7.13. The smallest absolute Gasteiger partial charge is 0.298 e. The Morgan fingerprint density at radius 3 is 2.35 bits per heavy atom. The van der Waals surface area contributed by atoms with E-state index in [-0.39, 0.29) is 10.8 Å². The highest BCUT2D eigenvalue weighted by atomic mass is 35.5. The summed E-state index contributed by atoms with van der Waals surface area (Å²) in [6.45, 7) is 0.854. The molecule has 0 aromatic heterocycles. The fraction of sp³-hybridized carbons (Fsp3) is 0.214. The van der Waals surface area contributed by atoms with Gasteiger partial charge >= 0.3 is 6.18 Å². The Balaban J connectivity index is 2.41. The van der Waals surface area contributed by atoms with E-state index < -0.39 is 29.5 Å². The second kappa shape index (κ2) is 6.29. The normalized spacial score (nSPS) is 19.1. The maximum Gasteiger partial charge on any atom is 0.394 e. The van der Waals surface area contributed by atoms with E-state index in [1.54, 1.807) is 0 Å². The third kappa shape index (κ3) is 3.70. The van der Waals surface area contributed by atoms with Crippen LogP contribution in [-0.4, -0.2) is 23.1 Å². The van der Waals surface area contributed by atoms with Crippen molar-refractivity contribution in [3.8, 4) is 0 Å². The van der Waals surface area contributed by atoms with E-state index in [1.165, 1.54) is 24.3 Å². The number of nitrogens with zero attached hydrogens (tertiary/aromatic N) is 1. The maximum absolute atomic E-state index is 12.7. The summed E-state index contributed by atoms with van der Waals surface area (Å²) in [7, 11) is 0. The van der Waals surface area contributed by atoms with Gasteiger partial charge in [-0.2, -0.15) is 13.2 Å². The number of carbonyl (C=O) groups excluding carboxylic acids is 2. The number of nitrogens with one attached hydrogen (secondary N) is 1. The molecule has 1 unspecified atom stereocenters. The highest BCUT2D eigenvalue weighted by Gasteiger charge is 2.39. The van der Waals surface area contributed by atoms with Gasteiger partial charge in [-0.25, -0.2) is 0 Å². The molecule has 23 heavy (non-hydrogen) atoms. The van der Waals surface area contributed by atoms with Crippen LogP contribution < -0.4 is 10.2 Å². The zero-order chi connectivity index (χ0) is 17.4. The summed E-state index contributed by atoms with van der Waals surface area (Å²) < 4.78 is 38.0. The zero-order valence-electron chi connectivity index (χ0n) is 11.6. The molecule has 1 heterocycles. The molecule has 4 nitrogen and oxygen atoms in total. The Bertz CT molecular complexity index is 701. The molecule has 0 spiro atoms. The predicted molar refractivity (Wildman–Crippen MR) is 83.0 cm³/mol. The van der Waals surface area contributed by atoms with Crippen molar-refractivity contribution in [2.45, 2.75) is 13.1 Å². The van der Waals surface area contributed by atoms with Gasteiger partial charge in [-0.1, -0.05) is 24.6 Å². The van der Waals surface area contributed by atoms with Crippen molar-refractivity contribution in [1.82, 2.24) is 5.32 Å². The van der Waals surface area contributed by atoms with Crippen LogP contribution in [0.2, 0.25) is 5.02 Å². The van der Waals surface area contributed by atoms with E-state index in [9.17, 15) is 22.8 Å². The summed E-state index contributed by atoms with van der Waals surface area (Å²) in [5.74, 6) is -3.83. The van der Waals surface area contributed by atoms with Crippen LogP contribution in [0.3, 0.4) is 0 Å². The second-order valence-electron chi connectivity index (χ2n) is 4.79. The van der Waals surface area contributed by atoms with Crippen molar-refractivity contribution in [2.24, 2.45) is 5.92 Å². The minimum absolute atomic E-state index is 0.209. The van der Waals surface area contributed by atoms with E-state index in [0.29, 0.717) is 11.1 Å². The van der Waals surface area contributed by atoms with Gasteiger partial charge < -0.3 is 0 Å². The average Bonchev–Trinajstić information content (AvgIpc) is 2.44. The molecule has 0 bridgehead atoms. The summed E-state index contributed by atoms with van der Waals surface area (Å²) in [5, 5.41) is 2.41. The minimum atomic E-state index is -4.56. The first kappa shape index (κ1) is 17.4. The SMILES string of the molecule is CC(/C=C1\C(=O)NC(=S)N(c2ccc(Cl)cc2)C1=O)C(F)(F)F. The first-order chi connectivity index (χ1) is 10.6. The molecule has 1 N–H and O–H groups in total. The Morgan fingerprint density at radius 1 is 1.26 bits per heavy atom. The summed E-state index contributed by atoms with van der Waals surface area (Å²) >= 11 is 10.7. The Kier molecular flexibility index (Phi) is 4.76. The van der Waals surface area contributed by atoms with Crippen LogP contribution in [-0.2, 0) is 9.59 Å². The third-order valence-corrected chi connectivity index (χ3v) is 3.66. The maximum atomic E-state index is 12.7. The molecule has 1 aliphatic heterocycles. The molecule has 0 aliphatic carbocycles. The summed E-state index contributed by atoms with van der Waals surface area (Å²) in [5.41, 5.74) is -0.326. The molecule has 1 saturated heterocycles. The first-order valence-electron chi connectivity index (χ1n) is 6.35. The highest BCUT2D eigenvalue weighted by Crippen LogP contribution is 2.29. The molecule has 1 atom stereocenters. The fourth-order valence-electron chi connectivity index (χ4n) is 1.85. The van der Waals surface area contributed by atoms with Crippen LogP contribution in [0.4, 0.5) is 18.9 Å². The van der Waals surface area contributed by atoms with Gasteiger partial charge in [-0.3, -0.25) is 19.8 Å². The zero-order valence-corrected chi connectivity index (χ0v) is 13.2. The van der Waals surface area contributed by atoms with Crippen molar-refractivity contribution in [3.05, 3.63) is 40.9 Å². The topological polar surface area (TPSA) is 49.4 Å². The number of hydrogen-bond donors (Lipinski definition) is 1. The standard InChI is InChI=1S/C14H10ClF3N2O2S/c1-7(14(16,17)18)6-10-11(21)19-13(23)20(12(10)22)9-4-2-8(15)3-5-9/h2-7H,1H3,(H,19,21,23)/b10-6+. The van der Waals surface area contributed by atoms with Crippen LogP contribution in [0.15, 0.2) is 35.9 Å². The van der Waals surface area contributed by atoms with Crippen LogP contribution in [0.5, 0.6) is 0 Å². The van der Waals surface area contributed by atoms with Crippen molar-refractivity contribution < 1.29 is 22.8 Å². The molecule has 1 fully saturated rings. The Hall–Kier alpha value is -1.93. The molecular weight excluding hydrogens is 353 g/mol. The van der Waals surface area contributed by atoms with Gasteiger partial charge in [0.15, 0.2) is 5.11 Å². The fourth-order valence-corrected chi connectivity index (χ4v) is 2.25. The third-order valence-electron chi connectivity index (χ3n) is 3.12. The lowest BCUT2D eigenvalue weighted by atomic mass is 10.0. The number of allylic oxidation sites excluding steroid dienone is 1. The lowest BCUT2D eigenvalue weighted by Crippen LogP contribution is -2.54. The Labute approximate surface area is 139 Å². The van der Waals surface area contributed by atoms with Gasteiger partial charge in [0, 0.05) is 5.02 Å². The number of benzene rings is 1. The number of anilines is 1. The highest BCUT2D eigenvalue weighted by molar-refractivity contribution is 7.80. The van der Waals surface area contributed by atoms with Gasteiger partial charge in [0.2, 0.25) is 0 Å². The van der Waals surface area contributed by atoms with E-state index in [4.69, 9.17) is 23.8 Å². The lowest BCUT2D eigenvalue weighted by molar-refractivity contribution is -0.156. The number of amides is 2. The van der Waals surface area contributed by atoms with Gasteiger partial charge in [-0.05, 0) is 36.5 Å². The molecule has 1 aromatic carbocycles. The summed E-state index contributed by atoms with van der Waals surface area (Å²) in [4.78, 5) is 25.2. The van der Waals surface area contributed by atoms with Gasteiger partial charge in [0.1, 0.15) is 5.57 Å². The van der Waals surface area contributed by atoms with Crippen LogP contribution in [0.25, 0.3) is 0 Å². The summed E-state index contributed by atoms with van der Waals surface area (Å²) in [6, 6.07) is 5.92. The molecule has 122 valence electrons. The lowest BCUT2D eigenvalue weighted by Gasteiger charge is -2.29. The number of alkyl halides is 3. The molecule has 1 aromatic rings. The summed E-state index contributed by atoms with van der Waals surface area (Å²) in [6.07, 6.45) is -3.97. The number of hydrogen-bond acceptors (Lipinski definition) is 3. The largest absolute Gasteiger partial charge is 0.394 e. The van der Waals surface area contributed by atoms with Crippen LogP contribution >= 0.6 is 23.8 Å². The number of thiocarbonyl (C=S) groups is 1. The van der Waals surface area contributed by atoms with Gasteiger partial charge in [0.05, 0.1) is 11.6 Å². The molecule has 2 rings (SSSR count). The number of rotatable bonds is 2. The van der Waals surface area contributed by atoms with Crippen molar-refractivity contribution in [3.63, 3.8) is 0 Å². The number of carbonyl (C=O) groups is 2. The molecule has 1 aliphatic rings. The molecule has 0 radical (unpaired) electrons. The van der Waals surface area contributed by atoms with E-state index in [2.05, 4.69) is 5.32 Å². The van der Waals surface area contributed by atoms with Crippen LogP contribution in [0.1, 0.15) is 6.92 Å². The quantitative estimate of drug-likeness (QED) is 0.499. The monoisotopic (exact) mass is 362 g/mol. The molecule has 2 amide bonds. The molecular formula is C14H10ClF3N2O2S. The van der Waals surface area contributed by atoms with E-state index in [0.717, 1.165) is 11.8 Å². The predicted octanol–water partition coefficient (Wildman–Crippen LogP) is 3.21. The van der Waals surface area contributed by atoms with Crippen LogP contribution in [0, 0.1) is 5.92 Å².